The zero-order valence-electron chi connectivity index (χ0n) is 32.5. The van der Waals surface area contributed by atoms with E-state index >= 15 is 0 Å². The molecule has 5 fully saturated rings. The summed E-state index contributed by atoms with van der Waals surface area (Å²) in [6, 6.07) is 10.2. The lowest BCUT2D eigenvalue weighted by atomic mass is 9.36. The molecule has 0 radical (unpaired) electrons. The van der Waals surface area contributed by atoms with E-state index in [2.05, 4.69) is 39.8 Å². The Morgan fingerprint density at radius 2 is 1.32 bits per heavy atom. The lowest BCUT2D eigenvalue weighted by molar-refractivity contribution is -0.217. The van der Waals surface area contributed by atoms with Gasteiger partial charge in [0, 0.05) is 0 Å². The van der Waals surface area contributed by atoms with Gasteiger partial charge in [-0.3, -0.25) is 9.59 Å². The van der Waals surface area contributed by atoms with E-state index in [9.17, 15) is 9.90 Å². The number of hydrogen-bond acceptors (Lipinski definition) is 4. The zero-order chi connectivity index (χ0) is 36.1. The third kappa shape index (κ3) is 8.30. The topological polar surface area (TPSA) is 83.8 Å². The van der Waals surface area contributed by atoms with Crippen molar-refractivity contribution >= 4 is 12.4 Å². The van der Waals surface area contributed by atoms with Crippen LogP contribution in [-0.2, 0) is 20.9 Å². The molecule has 1 aromatic carbocycles. The lowest BCUT2D eigenvalue weighted by Gasteiger charge is -2.69. The predicted octanol–water partition coefficient (Wildman–Crippen LogP) is 11.4. The molecule has 1 aromatic rings. The van der Waals surface area contributed by atoms with Crippen LogP contribution < -0.4 is 0 Å². The fraction of sp³-hybridized carbons (Fsp3) is 0.810. The van der Waals surface area contributed by atoms with Gasteiger partial charge in [-0.15, -0.1) is 0 Å². The molecular formula is C42H74O5. The van der Waals surface area contributed by atoms with E-state index in [-0.39, 0.29) is 29.4 Å². The van der Waals surface area contributed by atoms with Crippen LogP contribution in [0.3, 0.4) is 0 Å². The maximum Gasteiger partial charge on any atom is 0.312 e. The molecule has 6 rings (SSSR count). The van der Waals surface area contributed by atoms with Crippen LogP contribution >= 0.6 is 0 Å². The van der Waals surface area contributed by atoms with E-state index in [1.807, 2.05) is 73.6 Å². The minimum Gasteiger partial charge on any atom is -0.483 e. The van der Waals surface area contributed by atoms with Crippen LogP contribution in [-0.4, -0.2) is 28.8 Å². The highest BCUT2D eigenvalue weighted by atomic mass is 16.5. The number of hydrogen-bond donors (Lipinski definition) is 2. The predicted molar refractivity (Wildman–Crippen MR) is 197 cm³/mol. The highest BCUT2D eigenvalue weighted by Crippen LogP contribution is 2.73. The Balaban J connectivity index is 0.000000907. The first-order valence-electron chi connectivity index (χ1n) is 19.5. The van der Waals surface area contributed by atoms with Gasteiger partial charge >= 0.3 is 5.97 Å². The number of carboxylic acid groups (broad SMARTS) is 1. The van der Waals surface area contributed by atoms with Crippen molar-refractivity contribution < 1.29 is 24.5 Å². The molecule has 272 valence electrons. The number of rotatable bonds is 3. The smallest absolute Gasteiger partial charge is 0.312 e. The van der Waals surface area contributed by atoms with Gasteiger partial charge < -0.3 is 14.9 Å². The Labute approximate surface area is 290 Å². The van der Waals surface area contributed by atoms with E-state index < -0.39 is 0 Å². The number of esters is 1. The molecule has 0 aliphatic heterocycles. The Morgan fingerprint density at radius 1 is 0.745 bits per heavy atom. The van der Waals surface area contributed by atoms with Gasteiger partial charge in [-0.05, 0) is 116 Å². The molecule has 5 saturated carbocycles. The third-order valence-corrected chi connectivity index (χ3v) is 13.1. The number of aliphatic hydroxyl groups is 1. The first kappa shape index (κ1) is 43.1. The van der Waals surface area contributed by atoms with Gasteiger partial charge in [-0.2, -0.15) is 0 Å². The SMILES string of the molecule is CC.CC.CC.CC.CC1(C)C2CC[C@@]3(C)C4CC[C@@]5(C(=O)OCc6ccccc6)CCC[C@@H]5[C@H]4CCC3[C@@]2(C)CC[C@@H]1O.O=CO. The van der Waals surface area contributed by atoms with Crippen LogP contribution in [0.4, 0.5) is 0 Å². The zero-order valence-corrected chi connectivity index (χ0v) is 32.5. The quantitative estimate of drug-likeness (QED) is 0.249. The minimum absolute atomic E-state index is 0.0147. The lowest BCUT2D eigenvalue weighted by Crippen LogP contribution is -2.63. The molecule has 5 heteroatoms. The number of benzene rings is 1. The summed E-state index contributed by atoms with van der Waals surface area (Å²) in [4.78, 5) is 22.1. The first-order chi connectivity index (χ1) is 22.5. The molecule has 47 heavy (non-hydrogen) atoms. The number of fused-ring (bicyclic) bond motifs is 7. The molecule has 2 N–H and O–H groups in total. The summed E-state index contributed by atoms with van der Waals surface area (Å²) in [6.07, 6.45) is 12.8. The summed E-state index contributed by atoms with van der Waals surface area (Å²) in [7, 11) is 0. The van der Waals surface area contributed by atoms with Gasteiger partial charge in [0.25, 0.3) is 6.47 Å². The van der Waals surface area contributed by atoms with E-state index in [4.69, 9.17) is 14.6 Å². The molecule has 0 saturated heterocycles. The normalized spacial score (nSPS) is 36.9. The molecular weight excluding hydrogens is 584 g/mol. The Hall–Kier alpha value is -1.88. The van der Waals surface area contributed by atoms with E-state index in [0.29, 0.717) is 35.2 Å². The Bertz CT molecular complexity index is 1040. The van der Waals surface area contributed by atoms with Crippen molar-refractivity contribution in [2.45, 2.75) is 166 Å². The molecule has 5 aliphatic rings. The van der Waals surface area contributed by atoms with Gasteiger partial charge in [-0.25, -0.2) is 0 Å². The summed E-state index contributed by atoms with van der Waals surface area (Å²) in [5.41, 5.74) is 1.57. The van der Waals surface area contributed by atoms with Crippen LogP contribution in [0, 0.1) is 51.2 Å². The standard InChI is InChI=1S/C33H48O3.4C2H6.CH2O2/c1-30(2)26-15-18-31(3)24-14-20-33(29(35)36-21-22-9-6-5-7-10-22)17-8-11-25(33)23(24)12-13-27(31)32(26,4)19-16-28(30)34;4*1-2;2-1-3/h5-7,9-10,23-28,34H,8,11-21H2,1-4H3;4*1-2H3;1H,(H,2,3)/t23-,24?,25+,26?,27?,28-,31-,32-,33-;;;;;/m0...../s1. The van der Waals surface area contributed by atoms with E-state index in [0.717, 1.165) is 36.7 Å². The molecule has 0 bridgehead atoms. The summed E-state index contributed by atoms with van der Waals surface area (Å²) in [5.74, 6) is 3.38. The average Bonchev–Trinajstić information content (AvgIpc) is 3.56. The highest BCUT2D eigenvalue weighted by Gasteiger charge is 2.67. The molecule has 3 unspecified atom stereocenters. The monoisotopic (exact) mass is 659 g/mol. The molecule has 5 aliphatic carbocycles. The maximum absolute atomic E-state index is 13.7. The van der Waals surface area contributed by atoms with Gasteiger partial charge in [0.1, 0.15) is 6.61 Å². The summed E-state index contributed by atoms with van der Waals surface area (Å²) < 4.78 is 6.04. The Morgan fingerprint density at radius 3 is 1.91 bits per heavy atom. The summed E-state index contributed by atoms with van der Waals surface area (Å²) in [6.45, 7) is 26.1. The summed E-state index contributed by atoms with van der Waals surface area (Å²) >= 11 is 0. The first-order valence-corrected chi connectivity index (χ1v) is 19.5. The number of carbonyl (C=O) groups excluding carboxylic acids is 1. The van der Waals surface area contributed by atoms with Crippen molar-refractivity contribution in [2.75, 3.05) is 0 Å². The molecule has 0 spiro atoms. The summed E-state index contributed by atoms with van der Waals surface area (Å²) in [5, 5.41) is 17.8. The van der Waals surface area contributed by atoms with Crippen LogP contribution in [0.2, 0.25) is 0 Å². The second kappa shape index (κ2) is 19.3. The fourth-order valence-corrected chi connectivity index (χ4v) is 11.4. The van der Waals surface area contributed by atoms with Gasteiger partial charge in [0.2, 0.25) is 0 Å². The van der Waals surface area contributed by atoms with Crippen molar-refractivity contribution in [3.63, 3.8) is 0 Å². The van der Waals surface area contributed by atoms with Crippen LogP contribution in [0.5, 0.6) is 0 Å². The van der Waals surface area contributed by atoms with Crippen molar-refractivity contribution in [3.05, 3.63) is 35.9 Å². The van der Waals surface area contributed by atoms with E-state index in [1.165, 1.54) is 51.4 Å². The van der Waals surface area contributed by atoms with Gasteiger partial charge in [0.15, 0.2) is 0 Å². The number of ether oxygens (including phenoxy) is 1. The average molecular weight is 659 g/mol. The molecule has 5 nitrogen and oxygen atoms in total. The van der Waals surface area contributed by atoms with Crippen LogP contribution in [0.1, 0.15) is 159 Å². The molecule has 0 heterocycles. The maximum atomic E-state index is 13.7. The van der Waals surface area contributed by atoms with Gasteiger partial charge in [0.05, 0.1) is 11.5 Å². The van der Waals surface area contributed by atoms with Crippen LogP contribution in [0.25, 0.3) is 0 Å². The minimum atomic E-state index is -0.250. The number of aliphatic hydroxyl groups excluding tert-OH is 1. The van der Waals surface area contributed by atoms with E-state index in [1.54, 1.807) is 0 Å². The van der Waals surface area contributed by atoms with Crippen molar-refractivity contribution in [2.24, 2.45) is 51.2 Å². The van der Waals surface area contributed by atoms with Crippen molar-refractivity contribution in [1.29, 1.82) is 0 Å². The molecule has 9 atom stereocenters. The highest BCUT2D eigenvalue weighted by molar-refractivity contribution is 5.78. The molecule has 0 amide bonds. The Kier molecular flexibility index (Phi) is 17.8. The van der Waals surface area contributed by atoms with Crippen molar-refractivity contribution in [3.8, 4) is 0 Å². The fourth-order valence-electron chi connectivity index (χ4n) is 11.4. The second-order valence-corrected chi connectivity index (χ2v) is 14.7. The second-order valence-electron chi connectivity index (χ2n) is 14.7. The van der Waals surface area contributed by atoms with Crippen LogP contribution in [0.15, 0.2) is 30.3 Å². The largest absolute Gasteiger partial charge is 0.483 e. The van der Waals surface area contributed by atoms with Gasteiger partial charge in [-0.1, -0.05) is 120 Å². The number of carbonyl (C=O) groups is 2. The van der Waals surface area contributed by atoms with Crippen molar-refractivity contribution in [1.82, 2.24) is 0 Å². The molecule has 0 aromatic heterocycles. The third-order valence-electron chi connectivity index (χ3n) is 13.1.